The van der Waals surface area contributed by atoms with Crippen molar-refractivity contribution in [1.29, 1.82) is 0 Å². The first-order chi connectivity index (χ1) is 6.93. The zero-order valence-electron chi connectivity index (χ0n) is 8.04. The molecule has 1 rings (SSSR count). The lowest BCUT2D eigenvalue weighted by Crippen LogP contribution is -2.20. The summed E-state index contributed by atoms with van der Waals surface area (Å²) in [4.78, 5) is 4.05. The molecular formula is C7H9BF3N2S2-. The molecule has 0 bridgehead atoms. The van der Waals surface area contributed by atoms with E-state index in [9.17, 15) is 12.9 Å². The number of hydrogen-bond donors (Lipinski definition) is 0. The second-order valence-corrected chi connectivity index (χ2v) is 4.83. The lowest BCUT2D eigenvalue weighted by Gasteiger charge is -2.16. The van der Waals surface area contributed by atoms with Crippen LogP contribution in [0.2, 0.25) is 0 Å². The highest BCUT2D eigenvalue weighted by Crippen LogP contribution is 2.27. The quantitative estimate of drug-likeness (QED) is 0.595. The molecule has 0 fully saturated rings. The zero-order valence-corrected chi connectivity index (χ0v) is 9.68. The number of aryl methyl sites for hydroxylation is 1. The van der Waals surface area contributed by atoms with Gasteiger partial charge in [0.15, 0.2) is 4.34 Å². The van der Waals surface area contributed by atoms with E-state index in [2.05, 4.69) is 15.9 Å². The van der Waals surface area contributed by atoms with E-state index in [1.165, 1.54) is 0 Å². The molecule has 84 valence electrons. The summed E-state index contributed by atoms with van der Waals surface area (Å²) in [6.07, 6.45) is 0.696. The predicted octanol–water partition coefficient (Wildman–Crippen LogP) is 3.14. The molecule has 1 heterocycles. The van der Waals surface area contributed by atoms with E-state index < -0.39 is 12.4 Å². The van der Waals surface area contributed by atoms with Crippen LogP contribution in [0.3, 0.4) is 0 Å². The zero-order chi connectivity index (χ0) is 11.5. The Morgan fingerprint density at radius 2 is 2.20 bits per heavy atom. The average Bonchev–Trinajstić information content (AvgIpc) is 2.60. The molecule has 1 aromatic heterocycles. The van der Waals surface area contributed by atoms with Crippen LogP contribution in [-0.2, 0) is 6.42 Å². The Hall–Kier alpha value is -0.495. The van der Waals surface area contributed by atoms with Crippen LogP contribution in [0.25, 0.3) is 0 Å². The van der Waals surface area contributed by atoms with Gasteiger partial charge in [-0.1, -0.05) is 18.7 Å². The first kappa shape index (κ1) is 12.6. The molecule has 2 nitrogen and oxygen atoms in total. The van der Waals surface area contributed by atoms with E-state index in [1.54, 1.807) is 0 Å². The third-order valence-electron chi connectivity index (χ3n) is 1.61. The van der Waals surface area contributed by atoms with Crippen LogP contribution in [0.4, 0.5) is 12.9 Å². The van der Waals surface area contributed by atoms with E-state index in [0.29, 0.717) is 16.6 Å². The van der Waals surface area contributed by atoms with Gasteiger partial charge in [0, 0.05) is 6.42 Å². The van der Waals surface area contributed by atoms with Gasteiger partial charge in [0.1, 0.15) is 5.82 Å². The number of aromatic nitrogens is 2. The summed E-state index contributed by atoms with van der Waals surface area (Å²) in [7, 11) is 0. The number of hydrogen-bond acceptors (Lipinski definition) is 4. The summed E-state index contributed by atoms with van der Waals surface area (Å²) in [6, 6.07) is 0. The molecule has 0 radical (unpaired) electrons. The molecule has 0 aliphatic heterocycles. The van der Waals surface area contributed by atoms with Crippen LogP contribution in [0.5, 0.6) is 0 Å². The molecule has 8 heteroatoms. The van der Waals surface area contributed by atoms with Crippen LogP contribution in [0.1, 0.15) is 12.7 Å². The van der Waals surface area contributed by atoms with Crippen molar-refractivity contribution < 1.29 is 12.9 Å². The van der Waals surface area contributed by atoms with Crippen LogP contribution in [0, 0.1) is 0 Å². The monoisotopic (exact) mass is 253 g/mol. The summed E-state index contributed by atoms with van der Waals surface area (Å²) in [5, 5.41) is 0. The van der Waals surface area contributed by atoms with Gasteiger partial charge in [-0.2, -0.15) is 4.37 Å². The Morgan fingerprint density at radius 3 is 2.67 bits per heavy atom. The van der Waals surface area contributed by atoms with Crippen LogP contribution in [-0.4, -0.2) is 22.1 Å². The maximum atomic E-state index is 12.1. The van der Waals surface area contributed by atoms with Crippen molar-refractivity contribution in [1.82, 2.24) is 9.36 Å². The van der Waals surface area contributed by atoms with Crippen molar-refractivity contribution in [3.8, 4) is 0 Å². The molecule has 0 N–H and O–H groups in total. The number of nitrogens with zero attached hydrogens (tertiary/aromatic N) is 2. The topological polar surface area (TPSA) is 25.8 Å². The van der Waals surface area contributed by atoms with Gasteiger partial charge in [-0.15, -0.1) is 12.1 Å². The van der Waals surface area contributed by atoms with Crippen molar-refractivity contribution in [2.24, 2.45) is 0 Å². The van der Waals surface area contributed by atoms with E-state index in [0.717, 1.165) is 23.3 Å². The molecule has 0 unspecified atom stereocenters. The van der Waals surface area contributed by atoms with E-state index >= 15 is 0 Å². The maximum absolute atomic E-state index is 12.1. The predicted molar refractivity (Wildman–Crippen MR) is 58.2 cm³/mol. The van der Waals surface area contributed by atoms with Gasteiger partial charge in [-0.3, -0.25) is 0 Å². The molecule has 15 heavy (non-hydrogen) atoms. The Bertz CT molecular complexity index is 350. The first-order valence-corrected chi connectivity index (χ1v) is 6.02. The van der Waals surface area contributed by atoms with Gasteiger partial charge in [0.2, 0.25) is 0 Å². The lowest BCUT2D eigenvalue weighted by molar-refractivity contribution is 0.491. The smallest absolute Gasteiger partial charge is 0.445 e. The molecule has 0 aliphatic rings. The van der Waals surface area contributed by atoms with E-state index in [1.807, 2.05) is 6.92 Å². The summed E-state index contributed by atoms with van der Waals surface area (Å²) in [5.74, 6) is 0.507. The highest BCUT2D eigenvalue weighted by Gasteiger charge is 2.26. The molecule has 0 amide bonds. The summed E-state index contributed by atoms with van der Waals surface area (Å²) < 4.78 is 41.0. The highest BCUT2D eigenvalue weighted by atomic mass is 32.2. The Kier molecular flexibility index (Phi) is 4.21. The molecule has 0 saturated carbocycles. The van der Waals surface area contributed by atoms with Crippen LogP contribution < -0.4 is 0 Å². The second kappa shape index (κ2) is 5.02. The number of rotatable bonds is 5. The summed E-state index contributed by atoms with van der Waals surface area (Å²) >= 11 is 2.16. The largest absolute Gasteiger partial charge is 0.505 e. The fourth-order valence-electron chi connectivity index (χ4n) is 0.689. The lowest BCUT2D eigenvalue weighted by atomic mass is 9.82. The molecular weight excluding hydrogens is 244 g/mol. The molecule has 0 aliphatic carbocycles. The molecule has 1 aromatic rings. The standard InChI is InChI=1S/C7H9BF3N2S2/c1-3-6-12-7(15-13-6)14-4-5(2)8(9,10)11/h2-4H2,1H3/q-1. The van der Waals surface area contributed by atoms with Gasteiger partial charge >= 0.3 is 6.98 Å². The van der Waals surface area contributed by atoms with Gasteiger partial charge in [-0.25, -0.2) is 4.98 Å². The molecule has 0 saturated heterocycles. The minimum absolute atomic E-state index is 0.165. The average molecular weight is 253 g/mol. The van der Waals surface area contributed by atoms with Crippen LogP contribution >= 0.6 is 23.3 Å². The van der Waals surface area contributed by atoms with Gasteiger partial charge in [-0.05, 0) is 17.3 Å². The van der Waals surface area contributed by atoms with E-state index in [-0.39, 0.29) is 5.75 Å². The number of halogens is 3. The summed E-state index contributed by atoms with van der Waals surface area (Å²) in [5.41, 5.74) is -0.687. The van der Waals surface area contributed by atoms with Crippen molar-refractivity contribution in [2.75, 3.05) is 5.75 Å². The highest BCUT2D eigenvalue weighted by molar-refractivity contribution is 8.01. The maximum Gasteiger partial charge on any atom is 0.505 e. The normalized spacial score (nSPS) is 11.7. The molecule has 0 atom stereocenters. The van der Waals surface area contributed by atoms with Gasteiger partial charge < -0.3 is 12.9 Å². The SMILES string of the molecule is C=C(CSc1nc(CC)ns1)[B-](F)(F)F. The Morgan fingerprint density at radius 1 is 1.53 bits per heavy atom. The first-order valence-electron chi connectivity index (χ1n) is 4.26. The second-order valence-electron chi connectivity index (χ2n) is 2.85. The number of thioether (sulfide) groups is 1. The van der Waals surface area contributed by atoms with Crippen molar-refractivity contribution in [3.05, 3.63) is 17.9 Å². The fourth-order valence-corrected chi connectivity index (χ4v) is 2.36. The molecule has 0 aromatic carbocycles. The van der Waals surface area contributed by atoms with Crippen molar-refractivity contribution in [3.63, 3.8) is 0 Å². The Balaban J connectivity index is 2.47. The Labute approximate surface area is 94.2 Å². The van der Waals surface area contributed by atoms with Gasteiger partial charge in [0.25, 0.3) is 0 Å². The fraction of sp³-hybridized carbons (Fsp3) is 0.429. The third kappa shape index (κ3) is 3.87. The minimum atomic E-state index is -4.93. The van der Waals surface area contributed by atoms with Crippen LogP contribution in [0.15, 0.2) is 16.4 Å². The van der Waals surface area contributed by atoms with Gasteiger partial charge in [0.05, 0.1) is 0 Å². The molecule has 0 spiro atoms. The van der Waals surface area contributed by atoms with E-state index in [4.69, 9.17) is 0 Å². The van der Waals surface area contributed by atoms with Crippen molar-refractivity contribution >= 4 is 30.3 Å². The van der Waals surface area contributed by atoms with Crippen molar-refractivity contribution in [2.45, 2.75) is 17.7 Å². The summed E-state index contributed by atoms with van der Waals surface area (Å²) in [6.45, 7) is -0.0230. The third-order valence-corrected chi connectivity index (χ3v) is 3.59. The minimum Gasteiger partial charge on any atom is -0.445 e.